The van der Waals surface area contributed by atoms with Crippen LogP contribution in [0.1, 0.15) is 0 Å². The zero-order valence-corrected chi connectivity index (χ0v) is 6.62. The summed E-state index contributed by atoms with van der Waals surface area (Å²) in [6.07, 6.45) is 0. The van der Waals surface area contributed by atoms with E-state index in [0.29, 0.717) is 5.69 Å². The highest BCUT2D eigenvalue weighted by atomic mass is 16.3. The molecule has 2 heteroatoms. The summed E-state index contributed by atoms with van der Waals surface area (Å²) in [6, 6.07) is 11.4. The molecule has 0 saturated heterocycles. The van der Waals surface area contributed by atoms with Gasteiger partial charge in [0.15, 0.2) is 11.4 Å². The minimum absolute atomic E-state index is 0.258. The van der Waals surface area contributed by atoms with Gasteiger partial charge in [0.2, 0.25) is 0 Å². The zero-order chi connectivity index (χ0) is 8.55. The minimum atomic E-state index is 0.258. The molecule has 0 aliphatic heterocycles. The quantitative estimate of drug-likeness (QED) is 0.601. The summed E-state index contributed by atoms with van der Waals surface area (Å²) in [5, 5.41) is 11.5. The Morgan fingerprint density at radius 2 is 1.75 bits per heavy atom. The van der Waals surface area contributed by atoms with Crippen LogP contribution in [0.2, 0.25) is 0 Å². The fourth-order valence-corrected chi connectivity index (χ4v) is 1.32. The SMILES string of the molecule is [NH3+]c1c(O)ccc2ccccc12. The normalized spacial score (nSPS) is 10.4. The lowest BCUT2D eigenvalue weighted by Gasteiger charge is -1.99. The van der Waals surface area contributed by atoms with E-state index >= 15 is 0 Å². The molecule has 2 aromatic carbocycles. The average Bonchev–Trinajstić information content (AvgIpc) is 2.12. The van der Waals surface area contributed by atoms with Crippen LogP contribution in [0.5, 0.6) is 5.75 Å². The highest BCUT2D eigenvalue weighted by Crippen LogP contribution is 2.27. The fraction of sp³-hybridized carbons (Fsp3) is 0. The van der Waals surface area contributed by atoms with Gasteiger partial charge in [0, 0.05) is 5.39 Å². The Balaban J connectivity index is 2.91. The van der Waals surface area contributed by atoms with E-state index in [9.17, 15) is 5.11 Å². The largest absolute Gasteiger partial charge is 0.503 e. The average molecular weight is 160 g/mol. The number of hydrogen-bond donors (Lipinski definition) is 2. The summed E-state index contributed by atoms with van der Waals surface area (Å²) >= 11 is 0. The Kier molecular flexibility index (Phi) is 1.48. The second-order valence-electron chi connectivity index (χ2n) is 2.78. The van der Waals surface area contributed by atoms with E-state index < -0.39 is 0 Å². The Bertz CT molecular complexity index is 423. The molecule has 0 spiro atoms. The van der Waals surface area contributed by atoms with Gasteiger partial charge in [-0.2, -0.15) is 0 Å². The lowest BCUT2D eigenvalue weighted by Crippen LogP contribution is -2.40. The molecule has 0 heterocycles. The third-order valence-electron chi connectivity index (χ3n) is 2.02. The monoisotopic (exact) mass is 160 g/mol. The Morgan fingerprint density at radius 1 is 1.00 bits per heavy atom. The second-order valence-corrected chi connectivity index (χ2v) is 2.78. The summed E-state index contributed by atoms with van der Waals surface area (Å²) in [5.41, 5.74) is 4.50. The van der Waals surface area contributed by atoms with E-state index in [4.69, 9.17) is 0 Å². The molecule has 0 unspecified atom stereocenters. The maximum Gasteiger partial charge on any atom is 0.178 e. The number of rotatable bonds is 0. The van der Waals surface area contributed by atoms with Crippen LogP contribution in [0.15, 0.2) is 36.4 Å². The van der Waals surface area contributed by atoms with Gasteiger partial charge in [0.1, 0.15) is 0 Å². The Morgan fingerprint density at radius 3 is 2.58 bits per heavy atom. The lowest BCUT2D eigenvalue weighted by atomic mass is 10.1. The second kappa shape index (κ2) is 2.50. The van der Waals surface area contributed by atoms with Gasteiger partial charge in [-0.25, -0.2) is 0 Å². The molecule has 2 rings (SSSR count). The van der Waals surface area contributed by atoms with Crippen LogP contribution in [0.25, 0.3) is 10.8 Å². The lowest BCUT2D eigenvalue weighted by molar-refractivity contribution is -0.254. The van der Waals surface area contributed by atoms with Gasteiger partial charge >= 0.3 is 0 Å². The number of hydrogen-bond acceptors (Lipinski definition) is 1. The number of phenols is 1. The summed E-state index contributed by atoms with van der Waals surface area (Å²) in [7, 11) is 0. The molecule has 0 aromatic heterocycles. The molecule has 0 fully saturated rings. The third kappa shape index (κ3) is 0.933. The molecule has 0 radical (unpaired) electrons. The summed E-state index contributed by atoms with van der Waals surface area (Å²) < 4.78 is 0. The van der Waals surface area contributed by atoms with Gasteiger partial charge in [0.25, 0.3) is 0 Å². The van der Waals surface area contributed by atoms with Crippen molar-refractivity contribution in [1.82, 2.24) is 0 Å². The molecular weight excluding hydrogens is 150 g/mol. The van der Waals surface area contributed by atoms with Gasteiger partial charge in [-0.3, -0.25) is 0 Å². The van der Waals surface area contributed by atoms with Crippen molar-refractivity contribution in [3.05, 3.63) is 36.4 Å². The van der Waals surface area contributed by atoms with Crippen molar-refractivity contribution in [2.75, 3.05) is 0 Å². The number of benzene rings is 2. The molecule has 2 aromatic rings. The maximum atomic E-state index is 9.35. The highest BCUT2D eigenvalue weighted by molar-refractivity contribution is 5.92. The van der Waals surface area contributed by atoms with Crippen molar-refractivity contribution >= 4 is 16.5 Å². The number of phenolic OH excluding ortho intramolecular Hbond substituents is 1. The van der Waals surface area contributed by atoms with Crippen LogP contribution >= 0.6 is 0 Å². The van der Waals surface area contributed by atoms with Crippen LogP contribution in [0, 0.1) is 0 Å². The standard InChI is InChI=1S/C10H9NO/c11-10-8-4-2-1-3-7(8)5-6-9(10)12/h1-6,12H,11H2/p+1. The van der Waals surface area contributed by atoms with Gasteiger partial charge in [0.05, 0.1) is 0 Å². The predicted octanol–water partition coefficient (Wildman–Crippen LogP) is 1.42. The van der Waals surface area contributed by atoms with Gasteiger partial charge in [-0.05, 0) is 17.5 Å². The van der Waals surface area contributed by atoms with Crippen molar-refractivity contribution < 1.29 is 10.8 Å². The molecule has 12 heavy (non-hydrogen) atoms. The van der Waals surface area contributed by atoms with E-state index in [1.165, 1.54) is 0 Å². The predicted molar refractivity (Wildman–Crippen MR) is 48.2 cm³/mol. The maximum absolute atomic E-state index is 9.35. The van der Waals surface area contributed by atoms with Gasteiger partial charge in [-0.15, -0.1) is 0 Å². The van der Waals surface area contributed by atoms with E-state index in [-0.39, 0.29) is 5.75 Å². The van der Waals surface area contributed by atoms with E-state index in [0.717, 1.165) is 10.8 Å². The van der Waals surface area contributed by atoms with E-state index in [2.05, 4.69) is 5.73 Å². The minimum Gasteiger partial charge on any atom is -0.503 e. The fourth-order valence-electron chi connectivity index (χ4n) is 1.32. The van der Waals surface area contributed by atoms with Gasteiger partial charge in [-0.1, -0.05) is 24.3 Å². The van der Waals surface area contributed by atoms with Crippen molar-refractivity contribution in [3.63, 3.8) is 0 Å². The van der Waals surface area contributed by atoms with Crippen LogP contribution in [0.4, 0.5) is 5.69 Å². The Labute approximate surface area is 70.2 Å². The molecule has 0 bridgehead atoms. The van der Waals surface area contributed by atoms with E-state index in [1.807, 2.05) is 30.3 Å². The number of quaternary nitrogens is 1. The van der Waals surface area contributed by atoms with Gasteiger partial charge < -0.3 is 10.8 Å². The molecule has 0 amide bonds. The molecule has 0 saturated carbocycles. The van der Waals surface area contributed by atoms with Crippen LogP contribution in [0.3, 0.4) is 0 Å². The molecule has 0 aliphatic rings. The molecule has 4 N–H and O–H groups in total. The molecule has 2 nitrogen and oxygen atoms in total. The van der Waals surface area contributed by atoms with Crippen LogP contribution in [-0.4, -0.2) is 5.11 Å². The van der Waals surface area contributed by atoms with Crippen molar-refractivity contribution in [2.24, 2.45) is 0 Å². The summed E-state index contributed by atoms with van der Waals surface area (Å²) in [5.74, 6) is 0.258. The van der Waals surface area contributed by atoms with Crippen LogP contribution < -0.4 is 5.73 Å². The van der Waals surface area contributed by atoms with Crippen molar-refractivity contribution in [2.45, 2.75) is 0 Å². The smallest absolute Gasteiger partial charge is 0.178 e. The highest BCUT2D eigenvalue weighted by Gasteiger charge is 2.04. The summed E-state index contributed by atoms with van der Waals surface area (Å²) in [4.78, 5) is 0. The third-order valence-corrected chi connectivity index (χ3v) is 2.02. The number of fused-ring (bicyclic) bond motifs is 1. The first kappa shape index (κ1) is 7.13. The first-order chi connectivity index (χ1) is 5.79. The molecule has 0 aliphatic carbocycles. The first-order valence-corrected chi connectivity index (χ1v) is 3.82. The molecule has 60 valence electrons. The van der Waals surface area contributed by atoms with E-state index in [1.54, 1.807) is 6.07 Å². The van der Waals surface area contributed by atoms with Crippen molar-refractivity contribution in [1.29, 1.82) is 0 Å². The summed E-state index contributed by atoms with van der Waals surface area (Å²) in [6.45, 7) is 0. The topological polar surface area (TPSA) is 47.9 Å². The first-order valence-electron chi connectivity index (χ1n) is 3.82. The number of aromatic hydroxyl groups is 1. The molecule has 0 atom stereocenters. The molecular formula is C10H10NO+. The van der Waals surface area contributed by atoms with Crippen molar-refractivity contribution in [3.8, 4) is 5.75 Å². The zero-order valence-electron chi connectivity index (χ0n) is 6.62. The van der Waals surface area contributed by atoms with Crippen LogP contribution in [-0.2, 0) is 0 Å². The Hall–Kier alpha value is -1.54.